The number of nitrogens with one attached hydrogen (secondary N) is 1. The molecule has 0 amide bonds. The third-order valence-corrected chi connectivity index (χ3v) is 3.55. The van der Waals surface area contributed by atoms with Gasteiger partial charge in [-0.25, -0.2) is 0 Å². The van der Waals surface area contributed by atoms with Gasteiger partial charge in [0, 0.05) is 12.6 Å². The van der Waals surface area contributed by atoms with E-state index in [1.54, 1.807) is 11.3 Å². The second kappa shape index (κ2) is 5.78. The Kier molecular flexibility index (Phi) is 4.99. The second-order valence-corrected chi connectivity index (χ2v) is 5.62. The molecule has 0 radical (unpaired) electrons. The lowest BCUT2D eigenvalue weighted by atomic mass is 10.2. The van der Waals surface area contributed by atoms with Gasteiger partial charge in [0.25, 0.3) is 0 Å². The molecule has 1 rings (SSSR count). The molecule has 1 atom stereocenters. The molecule has 3 heteroatoms. The molecule has 1 unspecified atom stereocenters. The van der Waals surface area contributed by atoms with Gasteiger partial charge >= 0.3 is 0 Å². The van der Waals surface area contributed by atoms with E-state index in [1.807, 2.05) is 0 Å². The molecule has 0 aliphatic carbocycles. The molecule has 0 bridgehead atoms. The van der Waals surface area contributed by atoms with Crippen molar-refractivity contribution in [1.82, 2.24) is 5.32 Å². The Morgan fingerprint density at radius 1 is 1.62 bits per heavy atom. The lowest BCUT2D eigenvalue weighted by Crippen LogP contribution is -2.24. The highest BCUT2D eigenvalue weighted by atomic mass is 79.9. The third-order valence-electron chi connectivity index (χ3n) is 2.00. The van der Waals surface area contributed by atoms with Crippen LogP contribution in [0.2, 0.25) is 0 Å². The Hall–Kier alpha value is 0.140. The van der Waals surface area contributed by atoms with E-state index in [9.17, 15) is 0 Å². The minimum Gasteiger partial charge on any atom is -0.310 e. The fourth-order valence-electron chi connectivity index (χ4n) is 1.27. The molecule has 0 saturated heterocycles. The van der Waals surface area contributed by atoms with E-state index >= 15 is 0 Å². The zero-order valence-corrected chi connectivity index (χ0v) is 10.5. The predicted molar refractivity (Wildman–Crippen MR) is 63.2 cm³/mol. The van der Waals surface area contributed by atoms with E-state index in [-0.39, 0.29) is 0 Å². The van der Waals surface area contributed by atoms with Crippen LogP contribution in [0.15, 0.2) is 15.2 Å². The maximum Gasteiger partial charge on any atom is 0.0701 e. The molecule has 0 saturated carbocycles. The second-order valence-electron chi connectivity index (χ2n) is 3.33. The Morgan fingerprint density at radius 2 is 2.38 bits per heavy atom. The molecule has 1 nitrogen and oxygen atoms in total. The van der Waals surface area contributed by atoms with E-state index in [0.29, 0.717) is 6.04 Å². The zero-order valence-electron chi connectivity index (χ0n) is 8.14. The molecule has 1 aromatic rings. The van der Waals surface area contributed by atoms with Crippen molar-refractivity contribution in [2.24, 2.45) is 0 Å². The maximum absolute atomic E-state index is 3.50. The maximum atomic E-state index is 3.50. The van der Waals surface area contributed by atoms with Crippen molar-refractivity contribution in [1.29, 1.82) is 0 Å². The summed E-state index contributed by atoms with van der Waals surface area (Å²) in [5.74, 6) is 0. The minimum absolute atomic E-state index is 0.628. The van der Waals surface area contributed by atoms with Crippen molar-refractivity contribution in [3.8, 4) is 0 Å². The van der Waals surface area contributed by atoms with Crippen LogP contribution in [-0.4, -0.2) is 6.04 Å². The van der Waals surface area contributed by atoms with Crippen molar-refractivity contribution < 1.29 is 0 Å². The molecular formula is C10H16BrNS. The summed E-state index contributed by atoms with van der Waals surface area (Å²) in [6, 6.07) is 2.81. The van der Waals surface area contributed by atoms with Crippen molar-refractivity contribution in [2.45, 2.75) is 39.3 Å². The lowest BCUT2D eigenvalue weighted by Gasteiger charge is -2.11. The van der Waals surface area contributed by atoms with Crippen molar-refractivity contribution in [3.63, 3.8) is 0 Å². The molecule has 0 aromatic carbocycles. The highest BCUT2D eigenvalue weighted by molar-refractivity contribution is 9.11. The fraction of sp³-hybridized carbons (Fsp3) is 0.600. The van der Waals surface area contributed by atoms with Crippen LogP contribution in [0.3, 0.4) is 0 Å². The molecule has 74 valence electrons. The summed E-state index contributed by atoms with van der Waals surface area (Å²) >= 11 is 5.21. The van der Waals surface area contributed by atoms with Gasteiger partial charge in [-0.1, -0.05) is 13.3 Å². The molecular weight excluding hydrogens is 246 g/mol. The Labute approximate surface area is 92.7 Å². The van der Waals surface area contributed by atoms with Crippen LogP contribution in [0.4, 0.5) is 0 Å². The van der Waals surface area contributed by atoms with Crippen LogP contribution >= 0.6 is 27.3 Å². The molecule has 1 N–H and O–H groups in total. The Bertz CT molecular complexity index is 247. The average molecular weight is 262 g/mol. The number of hydrogen-bond donors (Lipinski definition) is 1. The third kappa shape index (κ3) is 4.25. The quantitative estimate of drug-likeness (QED) is 0.851. The summed E-state index contributed by atoms with van der Waals surface area (Å²) in [4.78, 5) is 0. The van der Waals surface area contributed by atoms with E-state index < -0.39 is 0 Å². The molecule has 0 aliphatic rings. The van der Waals surface area contributed by atoms with Gasteiger partial charge in [0.05, 0.1) is 3.79 Å². The summed E-state index contributed by atoms with van der Waals surface area (Å²) in [5.41, 5.74) is 1.37. The van der Waals surface area contributed by atoms with Gasteiger partial charge < -0.3 is 5.32 Å². The van der Waals surface area contributed by atoms with E-state index in [2.05, 4.69) is 46.5 Å². The summed E-state index contributed by atoms with van der Waals surface area (Å²) in [7, 11) is 0. The van der Waals surface area contributed by atoms with Crippen molar-refractivity contribution in [3.05, 3.63) is 20.8 Å². The number of halogens is 1. The van der Waals surface area contributed by atoms with Gasteiger partial charge in [-0.15, -0.1) is 11.3 Å². The molecule has 0 fully saturated rings. The highest BCUT2D eigenvalue weighted by Gasteiger charge is 2.01. The lowest BCUT2D eigenvalue weighted by molar-refractivity contribution is 0.509. The van der Waals surface area contributed by atoms with Gasteiger partial charge in [-0.3, -0.25) is 0 Å². The zero-order chi connectivity index (χ0) is 9.68. The molecule has 1 aromatic heterocycles. The van der Waals surface area contributed by atoms with Crippen LogP contribution in [0.1, 0.15) is 32.3 Å². The number of thiophene rings is 1. The van der Waals surface area contributed by atoms with Gasteiger partial charge in [0.1, 0.15) is 0 Å². The molecule has 0 aliphatic heterocycles. The number of hydrogen-bond acceptors (Lipinski definition) is 2. The first-order valence-electron chi connectivity index (χ1n) is 4.68. The van der Waals surface area contributed by atoms with Crippen LogP contribution in [-0.2, 0) is 6.54 Å². The van der Waals surface area contributed by atoms with Crippen LogP contribution < -0.4 is 5.32 Å². The number of rotatable bonds is 5. The van der Waals surface area contributed by atoms with E-state index in [1.165, 1.54) is 22.2 Å². The largest absolute Gasteiger partial charge is 0.310 e. The van der Waals surface area contributed by atoms with E-state index in [4.69, 9.17) is 0 Å². The monoisotopic (exact) mass is 261 g/mol. The molecule has 0 spiro atoms. The SMILES string of the molecule is CCCC(C)NCc1csc(Br)c1. The fourth-order valence-corrected chi connectivity index (χ4v) is 2.47. The van der Waals surface area contributed by atoms with Gasteiger partial charge in [-0.05, 0) is 46.3 Å². The topological polar surface area (TPSA) is 12.0 Å². The van der Waals surface area contributed by atoms with Crippen LogP contribution in [0.5, 0.6) is 0 Å². The first-order chi connectivity index (χ1) is 6.22. The summed E-state index contributed by atoms with van der Waals surface area (Å²) < 4.78 is 1.22. The first kappa shape index (κ1) is 11.2. The molecule has 13 heavy (non-hydrogen) atoms. The molecule has 1 heterocycles. The van der Waals surface area contributed by atoms with Crippen molar-refractivity contribution >= 4 is 27.3 Å². The van der Waals surface area contributed by atoms with E-state index in [0.717, 1.165) is 6.54 Å². The Morgan fingerprint density at radius 3 is 2.92 bits per heavy atom. The minimum atomic E-state index is 0.628. The van der Waals surface area contributed by atoms with Crippen molar-refractivity contribution in [2.75, 3.05) is 0 Å². The predicted octanol–water partition coefficient (Wildman–Crippen LogP) is 3.79. The Balaban J connectivity index is 2.26. The summed E-state index contributed by atoms with van der Waals surface area (Å²) in [6.07, 6.45) is 2.51. The van der Waals surface area contributed by atoms with Crippen LogP contribution in [0, 0.1) is 0 Å². The smallest absolute Gasteiger partial charge is 0.0701 e. The summed E-state index contributed by atoms with van der Waals surface area (Å²) in [6.45, 7) is 5.45. The highest BCUT2D eigenvalue weighted by Crippen LogP contribution is 2.20. The first-order valence-corrected chi connectivity index (χ1v) is 6.36. The van der Waals surface area contributed by atoms with Gasteiger partial charge in [-0.2, -0.15) is 0 Å². The van der Waals surface area contributed by atoms with Gasteiger partial charge in [0.15, 0.2) is 0 Å². The summed E-state index contributed by atoms with van der Waals surface area (Å²) in [5, 5.41) is 5.69. The standard InChI is InChI=1S/C10H16BrNS/c1-3-4-8(2)12-6-9-5-10(11)13-7-9/h5,7-8,12H,3-4,6H2,1-2H3. The average Bonchev–Trinajstić information content (AvgIpc) is 2.49. The normalized spacial score (nSPS) is 13.2. The van der Waals surface area contributed by atoms with Crippen LogP contribution in [0.25, 0.3) is 0 Å². The van der Waals surface area contributed by atoms with Gasteiger partial charge in [0.2, 0.25) is 0 Å².